The van der Waals surface area contributed by atoms with Gasteiger partial charge in [0.05, 0.1) is 11.1 Å². The molecule has 0 atom stereocenters. The molecule has 2 aliphatic rings. The molecule has 6 heteroatoms. The van der Waals surface area contributed by atoms with Crippen molar-refractivity contribution < 1.29 is 18.0 Å². The molecule has 1 amide bonds. The summed E-state index contributed by atoms with van der Waals surface area (Å²) in [6, 6.07) is 10.5. The summed E-state index contributed by atoms with van der Waals surface area (Å²) >= 11 is 0. The van der Waals surface area contributed by atoms with E-state index >= 15 is 0 Å². The second kappa shape index (κ2) is 7.61. The van der Waals surface area contributed by atoms with Crippen molar-refractivity contribution in [2.75, 3.05) is 11.9 Å². The predicted octanol–water partition coefficient (Wildman–Crippen LogP) is 4.62. The molecule has 0 bridgehead atoms. The minimum absolute atomic E-state index is 0.228. The van der Waals surface area contributed by atoms with Gasteiger partial charge in [0.1, 0.15) is 0 Å². The molecular weight excluding hydrogens is 377 g/mol. The van der Waals surface area contributed by atoms with Crippen molar-refractivity contribution in [1.82, 2.24) is 5.32 Å². The van der Waals surface area contributed by atoms with Crippen molar-refractivity contribution >= 4 is 17.2 Å². The number of alkyl halides is 3. The number of nitrogens with one attached hydrogen (secondary N) is 2. The van der Waals surface area contributed by atoms with Gasteiger partial charge in [0, 0.05) is 17.8 Å². The molecule has 0 aromatic heterocycles. The maximum atomic E-state index is 12.8. The summed E-state index contributed by atoms with van der Waals surface area (Å²) in [5.74, 6) is -0.384. The van der Waals surface area contributed by atoms with Gasteiger partial charge in [-0.15, -0.1) is 0 Å². The number of fused-ring (bicyclic) bond motifs is 1. The molecule has 4 rings (SSSR count). The van der Waals surface area contributed by atoms with E-state index in [1.54, 1.807) is 12.2 Å². The molecule has 0 saturated carbocycles. The number of benzene rings is 2. The Morgan fingerprint density at radius 3 is 2.62 bits per heavy atom. The lowest BCUT2D eigenvalue weighted by atomic mass is 9.94. The monoisotopic (exact) mass is 394 g/mol. The molecule has 0 saturated heterocycles. The minimum Gasteiger partial charge on any atom is -0.321 e. The van der Waals surface area contributed by atoms with Gasteiger partial charge in [-0.2, -0.15) is 13.2 Å². The Hall–Kier alpha value is -3.30. The van der Waals surface area contributed by atoms with E-state index in [0.717, 1.165) is 31.6 Å². The largest absolute Gasteiger partial charge is 0.416 e. The Balaban J connectivity index is 1.57. The van der Waals surface area contributed by atoms with Gasteiger partial charge in [-0.25, -0.2) is 0 Å². The molecule has 2 aromatic carbocycles. The maximum absolute atomic E-state index is 12.8. The Kier molecular flexibility index (Phi) is 4.99. The summed E-state index contributed by atoms with van der Waals surface area (Å²) in [5, 5.41) is 6.16. The highest BCUT2D eigenvalue weighted by molar-refractivity contribution is 6.15. The number of hydrogen-bond acceptors (Lipinski definition) is 2. The van der Waals surface area contributed by atoms with Crippen LogP contribution in [0.25, 0.3) is 5.57 Å². The molecule has 29 heavy (non-hydrogen) atoms. The molecule has 1 aliphatic heterocycles. The Morgan fingerprint density at radius 1 is 1.07 bits per heavy atom. The lowest BCUT2D eigenvalue weighted by Gasteiger charge is -2.18. The third kappa shape index (κ3) is 4.10. The molecule has 1 heterocycles. The predicted molar refractivity (Wildman–Crippen MR) is 105 cm³/mol. The lowest BCUT2D eigenvalue weighted by Crippen LogP contribution is -2.24. The summed E-state index contributed by atoms with van der Waals surface area (Å²) < 4.78 is 38.4. The first-order chi connectivity index (χ1) is 13.9. The van der Waals surface area contributed by atoms with Crippen molar-refractivity contribution in [1.29, 1.82) is 0 Å². The number of anilines is 1. The Labute approximate surface area is 165 Å². The average molecular weight is 394 g/mol. The summed E-state index contributed by atoms with van der Waals surface area (Å²) in [6.07, 6.45) is -0.291. The fourth-order valence-corrected chi connectivity index (χ4v) is 3.40. The highest BCUT2D eigenvalue weighted by Gasteiger charge is 2.30. The van der Waals surface area contributed by atoms with Crippen LogP contribution in [0, 0.1) is 0 Å². The molecule has 146 valence electrons. The van der Waals surface area contributed by atoms with E-state index in [2.05, 4.69) is 22.1 Å². The third-order valence-electron chi connectivity index (χ3n) is 4.90. The van der Waals surface area contributed by atoms with Crippen LogP contribution in [-0.4, -0.2) is 12.5 Å². The SMILES string of the molecule is O=C(Nc1ccc2c(c1)CCNC2)C1=C=C=CC=C1c1ccc(C(F)(F)F)cc1. The maximum Gasteiger partial charge on any atom is 0.416 e. The third-order valence-corrected chi connectivity index (χ3v) is 4.90. The van der Waals surface area contributed by atoms with Crippen LogP contribution in [0.15, 0.2) is 71.7 Å². The van der Waals surface area contributed by atoms with Gasteiger partial charge >= 0.3 is 6.18 Å². The van der Waals surface area contributed by atoms with Gasteiger partial charge < -0.3 is 10.6 Å². The zero-order valence-corrected chi connectivity index (χ0v) is 15.4. The van der Waals surface area contributed by atoms with E-state index in [9.17, 15) is 18.0 Å². The van der Waals surface area contributed by atoms with Crippen LogP contribution in [0.1, 0.15) is 22.3 Å². The van der Waals surface area contributed by atoms with Crippen LogP contribution in [-0.2, 0) is 23.9 Å². The van der Waals surface area contributed by atoms with Gasteiger partial charge in [-0.1, -0.05) is 29.7 Å². The molecule has 2 aromatic rings. The Bertz CT molecular complexity index is 1100. The normalized spacial score (nSPS) is 15.4. The molecule has 0 fully saturated rings. The second-order valence-corrected chi connectivity index (χ2v) is 6.83. The van der Waals surface area contributed by atoms with Crippen molar-refractivity contribution in [2.45, 2.75) is 19.1 Å². The van der Waals surface area contributed by atoms with Crippen molar-refractivity contribution in [3.8, 4) is 0 Å². The average Bonchev–Trinajstić information content (AvgIpc) is 2.73. The van der Waals surface area contributed by atoms with Crippen LogP contribution in [0.4, 0.5) is 18.9 Å². The lowest BCUT2D eigenvalue weighted by molar-refractivity contribution is -0.137. The highest BCUT2D eigenvalue weighted by Crippen LogP contribution is 2.32. The summed E-state index contributed by atoms with van der Waals surface area (Å²) in [7, 11) is 0. The van der Waals surface area contributed by atoms with Crippen LogP contribution in [0.5, 0.6) is 0 Å². The van der Waals surface area contributed by atoms with E-state index < -0.39 is 11.7 Å². The first kappa shape index (κ1) is 19.0. The molecule has 1 aliphatic carbocycles. The number of halogens is 3. The van der Waals surface area contributed by atoms with Crippen molar-refractivity contribution in [3.63, 3.8) is 0 Å². The number of hydrogen-bond donors (Lipinski definition) is 2. The summed E-state index contributed by atoms with van der Waals surface area (Å²) in [5.41, 5.74) is 9.11. The standard InChI is InChI=1S/C23H17F3N2O/c24-23(25,26)18-8-5-15(6-9-18)20-3-1-2-4-21(20)22(29)28-19-10-7-17-14-27-12-11-16(17)13-19/h1,3,5-10,13,27H,11-12,14H2,(H,28,29). The van der Waals surface area contributed by atoms with E-state index in [4.69, 9.17) is 0 Å². The van der Waals surface area contributed by atoms with Gasteiger partial charge in [-0.05, 0) is 66.1 Å². The van der Waals surface area contributed by atoms with Gasteiger partial charge in [0.2, 0.25) is 0 Å². The molecule has 0 unspecified atom stereocenters. The van der Waals surface area contributed by atoms with E-state index in [-0.39, 0.29) is 11.5 Å². The number of amides is 1. The fraction of sp³-hybridized carbons (Fsp3) is 0.174. The molecule has 0 spiro atoms. The smallest absolute Gasteiger partial charge is 0.321 e. The topological polar surface area (TPSA) is 41.1 Å². The number of carbonyl (C=O) groups is 1. The quantitative estimate of drug-likeness (QED) is 0.746. The zero-order valence-electron chi connectivity index (χ0n) is 15.4. The van der Waals surface area contributed by atoms with Crippen LogP contribution in [0.3, 0.4) is 0 Å². The second-order valence-electron chi connectivity index (χ2n) is 6.83. The summed E-state index contributed by atoms with van der Waals surface area (Å²) in [4.78, 5) is 12.8. The number of rotatable bonds is 3. The van der Waals surface area contributed by atoms with Crippen molar-refractivity contribution in [2.24, 2.45) is 0 Å². The van der Waals surface area contributed by atoms with E-state index in [1.807, 2.05) is 18.2 Å². The number of carbonyl (C=O) groups excluding carboxylic acids is 1. The van der Waals surface area contributed by atoms with Crippen LogP contribution >= 0.6 is 0 Å². The fourth-order valence-electron chi connectivity index (χ4n) is 3.40. The first-order valence-electron chi connectivity index (χ1n) is 9.16. The van der Waals surface area contributed by atoms with Crippen LogP contribution in [0.2, 0.25) is 0 Å². The Morgan fingerprint density at radius 2 is 1.86 bits per heavy atom. The summed E-state index contributed by atoms with van der Waals surface area (Å²) in [6.45, 7) is 1.70. The first-order valence-corrected chi connectivity index (χ1v) is 9.16. The van der Waals surface area contributed by atoms with Gasteiger partial charge in [0.25, 0.3) is 5.91 Å². The molecule has 2 N–H and O–H groups in total. The molecule has 0 radical (unpaired) electrons. The van der Waals surface area contributed by atoms with Gasteiger partial charge in [0.15, 0.2) is 0 Å². The molecular formula is C23H17F3N2O. The highest BCUT2D eigenvalue weighted by atomic mass is 19.4. The number of allylic oxidation sites excluding steroid dienone is 2. The van der Waals surface area contributed by atoms with E-state index in [1.165, 1.54) is 23.3 Å². The van der Waals surface area contributed by atoms with E-state index in [0.29, 0.717) is 16.8 Å². The minimum atomic E-state index is -4.41. The molecule has 3 nitrogen and oxygen atoms in total. The zero-order chi connectivity index (χ0) is 20.4. The van der Waals surface area contributed by atoms with Crippen LogP contribution < -0.4 is 10.6 Å². The van der Waals surface area contributed by atoms with Gasteiger partial charge in [-0.3, -0.25) is 4.79 Å². The van der Waals surface area contributed by atoms with Crippen molar-refractivity contribution in [3.05, 3.63) is 93.9 Å².